The summed E-state index contributed by atoms with van der Waals surface area (Å²) >= 11 is 10.1. The zero-order valence-corrected chi connectivity index (χ0v) is 13.7. The van der Waals surface area contributed by atoms with Gasteiger partial charge in [-0.15, -0.1) is 11.6 Å². The van der Waals surface area contributed by atoms with Crippen molar-refractivity contribution in [2.24, 2.45) is 0 Å². The molecule has 2 aromatic carbocycles. The highest BCUT2D eigenvalue weighted by Gasteiger charge is 2.15. The van der Waals surface area contributed by atoms with Crippen LogP contribution >= 0.6 is 27.5 Å². The number of methoxy groups -OCH3 is 2. The van der Waals surface area contributed by atoms with E-state index in [-0.39, 0.29) is 5.38 Å². The molecule has 0 aromatic heterocycles. The third-order valence-corrected chi connectivity index (χ3v) is 4.24. The monoisotopic (exact) mass is 354 g/mol. The Kier molecular flexibility index (Phi) is 5.32. The van der Waals surface area contributed by atoms with Crippen LogP contribution < -0.4 is 9.47 Å². The van der Waals surface area contributed by atoms with E-state index in [1.54, 1.807) is 14.2 Å². The molecule has 0 fully saturated rings. The molecule has 2 rings (SSSR count). The van der Waals surface area contributed by atoms with Gasteiger partial charge in [-0.3, -0.25) is 0 Å². The fraction of sp³-hybridized carbons (Fsp3) is 0.250. The normalized spacial score (nSPS) is 12.0. The lowest BCUT2D eigenvalue weighted by Crippen LogP contribution is -2.00. The third kappa shape index (κ3) is 3.47. The van der Waals surface area contributed by atoms with Crippen LogP contribution in [0, 0.1) is 0 Å². The molecule has 1 atom stereocenters. The number of hydrogen-bond donors (Lipinski definition) is 0. The molecule has 0 spiro atoms. The van der Waals surface area contributed by atoms with Gasteiger partial charge in [0.05, 0.1) is 19.6 Å². The minimum absolute atomic E-state index is 0.157. The van der Waals surface area contributed by atoms with Gasteiger partial charge in [0, 0.05) is 4.47 Å². The van der Waals surface area contributed by atoms with E-state index in [9.17, 15) is 0 Å². The van der Waals surface area contributed by atoms with E-state index in [1.165, 1.54) is 0 Å². The van der Waals surface area contributed by atoms with Crippen LogP contribution in [0.3, 0.4) is 0 Å². The summed E-state index contributed by atoms with van der Waals surface area (Å²) in [6.45, 7) is 0. The minimum Gasteiger partial charge on any atom is -0.497 e. The molecule has 0 aliphatic rings. The second-order valence-electron chi connectivity index (χ2n) is 4.37. The summed E-state index contributed by atoms with van der Waals surface area (Å²) in [6, 6.07) is 13.7. The predicted octanol–water partition coefficient (Wildman–Crippen LogP) is 4.99. The van der Waals surface area contributed by atoms with E-state index in [0.29, 0.717) is 6.42 Å². The highest BCUT2D eigenvalue weighted by atomic mass is 79.9. The lowest BCUT2D eigenvalue weighted by atomic mass is 10.0. The lowest BCUT2D eigenvalue weighted by Gasteiger charge is -2.15. The second-order valence-corrected chi connectivity index (χ2v) is 5.75. The van der Waals surface area contributed by atoms with Gasteiger partial charge in [0.25, 0.3) is 0 Å². The van der Waals surface area contributed by atoms with E-state index < -0.39 is 0 Å². The summed E-state index contributed by atoms with van der Waals surface area (Å²) < 4.78 is 11.6. The SMILES string of the molecule is COc1ccc(Br)c(C(Cl)Cc2ccccc2OC)c1. The van der Waals surface area contributed by atoms with Crippen molar-refractivity contribution in [2.45, 2.75) is 11.8 Å². The first-order valence-corrected chi connectivity index (χ1v) is 7.48. The first-order valence-electron chi connectivity index (χ1n) is 6.25. The van der Waals surface area contributed by atoms with E-state index in [0.717, 1.165) is 27.1 Å². The van der Waals surface area contributed by atoms with Crippen LogP contribution in [0.15, 0.2) is 46.9 Å². The summed E-state index contributed by atoms with van der Waals surface area (Å²) in [5.41, 5.74) is 2.10. The quantitative estimate of drug-likeness (QED) is 0.704. The molecule has 20 heavy (non-hydrogen) atoms. The zero-order valence-electron chi connectivity index (χ0n) is 11.4. The number of halogens is 2. The van der Waals surface area contributed by atoms with Gasteiger partial charge >= 0.3 is 0 Å². The molecule has 1 unspecified atom stereocenters. The number of para-hydroxylation sites is 1. The number of alkyl halides is 1. The minimum atomic E-state index is -0.157. The average Bonchev–Trinajstić information content (AvgIpc) is 2.48. The van der Waals surface area contributed by atoms with E-state index in [4.69, 9.17) is 21.1 Å². The van der Waals surface area contributed by atoms with Crippen molar-refractivity contribution in [3.05, 3.63) is 58.1 Å². The fourth-order valence-electron chi connectivity index (χ4n) is 2.06. The van der Waals surface area contributed by atoms with Crippen molar-refractivity contribution in [3.63, 3.8) is 0 Å². The molecule has 4 heteroatoms. The molecule has 2 nitrogen and oxygen atoms in total. The molecule has 2 aromatic rings. The molecule has 0 saturated heterocycles. The van der Waals surface area contributed by atoms with Gasteiger partial charge in [0.15, 0.2) is 0 Å². The maximum absolute atomic E-state index is 6.56. The summed E-state index contributed by atoms with van der Waals surface area (Å²) in [7, 11) is 3.32. The number of benzene rings is 2. The molecule has 0 bridgehead atoms. The molecular formula is C16H16BrClO2. The Morgan fingerprint density at radius 1 is 1.10 bits per heavy atom. The average molecular weight is 356 g/mol. The van der Waals surface area contributed by atoms with Crippen LogP contribution in [0.25, 0.3) is 0 Å². The van der Waals surface area contributed by atoms with Crippen molar-refractivity contribution in [1.82, 2.24) is 0 Å². The first kappa shape index (κ1) is 15.2. The molecule has 0 saturated carbocycles. The maximum atomic E-state index is 6.56. The van der Waals surface area contributed by atoms with Gasteiger partial charge in [0.1, 0.15) is 11.5 Å². The van der Waals surface area contributed by atoms with Crippen LogP contribution in [0.5, 0.6) is 11.5 Å². The van der Waals surface area contributed by atoms with Crippen molar-refractivity contribution in [3.8, 4) is 11.5 Å². The Morgan fingerprint density at radius 3 is 2.55 bits per heavy atom. The standard InChI is InChI=1S/C16H16BrClO2/c1-19-12-7-8-14(17)13(10-12)15(18)9-11-5-3-4-6-16(11)20-2/h3-8,10,15H,9H2,1-2H3. The van der Waals surface area contributed by atoms with Gasteiger partial charge in [0.2, 0.25) is 0 Å². The number of rotatable bonds is 5. The predicted molar refractivity (Wildman–Crippen MR) is 86.0 cm³/mol. The molecule has 0 heterocycles. The highest BCUT2D eigenvalue weighted by molar-refractivity contribution is 9.10. The van der Waals surface area contributed by atoms with Gasteiger partial charge in [-0.2, -0.15) is 0 Å². The molecule has 0 N–H and O–H groups in total. The number of ether oxygens (including phenoxy) is 2. The van der Waals surface area contributed by atoms with Crippen molar-refractivity contribution >= 4 is 27.5 Å². The molecule has 0 aliphatic heterocycles. The molecule has 0 radical (unpaired) electrons. The fourth-order valence-corrected chi connectivity index (χ4v) is 3.07. The van der Waals surface area contributed by atoms with E-state index in [1.807, 2.05) is 42.5 Å². The lowest BCUT2D eigenvalue weighted by molar-refractivity contribution is 0.409. The number of hydrogen-bond acceptors (Lipinski definition) is 2. The van der Waals surface area contributed by atoms with Crippen LogP contribution in [0.2, 0.25) is 0 Å². The van der Waals surface area contributed by atoms with Gasteiger partial charge in [-0.25, -0.2) is 0 Å². The van der Waals surface area contributed by atoms with Crippen LogP contribution in [0.4, 0.5) is 0 Å². The van der Waals surface area contributed by atoms with Gasteiger partial charge < -0.3 is 9.47 Å². The summed E-state index contributed by atoms with van der Waals surface area (Å²) in [5.74, 6) is 1.66. The van der Waals surface area contributed by atoms with Gasteiger partial charge in [-0.1, -0.05) is 34.1 Å². The summed E-state index contributed by atoms with van der Waals surface area (Å²) in [5, 5.41) is -0.157. The van der Waals surface area contributed by atoms with Crippen LogP contribution in [-0.4, -0.2) is 14.2 Å². The Labute approximate surface area is 132 Å². The Hall–Kier alpha value is -1.19. The Bertz CT molecular complexity index is 586. The van der Waals surface area contributed by atoms with Crippen LogP contribution in [-0.2, 0) is 6.42 Å². The Morgan fingerprint density at radius 2 is 1.85 bits per heavy atom. The molecule has 0 aliphatic carbocycles. The van der Waals surface area contributed by atoms with E-state index >= 15 is 0 Å². The highest BCUT2D eigenvalue weighted by Crippen LogP contribution is 2.35. The van der Waals surface area contributed by atoms with Crippen LogP contribution in [0.1, 0.15) is 16.5 Å². The summed E-state index contributed by atoms with van der Waals surface area (Å²) in [4.78, 5) is 0. The Balaban J connectivity index is 2.25. The maximum Gasteiger partial charge on any atom is 0.122 e. The molecule has 106 valence electrons. The first-order chi connectivity index (χ1) is 9.65. The third-order valence-electron chi connectivity index (χ3n) is 3.13. The van der Waals surface area contributed by atoms with Crippen molar-refractivity contribution in [1.29, 1.82) is 0 Å². The zero-order chi connectivity index (χ0) is 14.5. The topological polar surface area (TPSA) is 18.5 Å². The van der Waals surface area contributed by atoms with Crippen molar-refractivity contribution in [2.75, 3.05) is 14.2 Å². The smallest absolute Gasteiger partial charge is 0.122 e. The van der Waals surface area contributed by atoms with Crippen molar-refractivity contribution < 1.29 is 9.47 Å². The molecular weight excluding hydrogens is 340 g/mol. The second kappa shape index (κ2) is 7.00. The largest absolute Gasteiger partial charge is 0.497 e. The van der Waals surface area contributed by atoms with E-state index in [2.05, 4.69) is 15.9 Å². The molecule has 0 amide bonds. The van der Waals surface area contributed by atoms with Gasteiger partial charge in [-0.05, 0) is 41.8 Å². The summed E-state index contributed by atoms with van der Waals surface area (Å²) in [6.07, 6.45) is 0.692.